The maximum absolute atomic E-state index is 4.93. The summed E-state index contributed by atoms with van der Waals surface area (Å²) in [6.07, 6.45) is 6.16. The van der Waals surface area contributed by atoms with E-state index >= 15 is 0 Å². The van der Waals surface area contributed by atoms with Crippen LogP contribution in [-0.2, 0) is 13.0 Å². The standard InChI is InChI=1S/C19H32N6/c1-6-7-9-25-19-17(16(22-25)11-14(2)3)18(20-13-21-19)24-10-8-15(12-24)23(4)5/h13-15H,6-12H2,1-5H3. The summed E-state index contributed by atoms with van der Waals surface area (Å²) in [4.78, 5) is 14.0. The van der Waals surface area contributed by atoms with Crippen molar-refractivity contribution in [2.45, 2.75) is 59.0 Å². The molecule has 1 aliphatic rings. The van der Waals surface area contributed by atoms with Gasteiger partial charge in [0.2, 0.25) is 0 Å². The van der Waals surface area contributed by atoms with Crippen LogP contribution in [-0.4, -0.2) is 57.9 Å². The molecule has 1 saturated heterocycles. The summed E-state index contributed by atoms with van der Waals surface area (Å²) in [5.74, 6) is 1.65. The van der Waals surface area contributed by atoms with Crippen molar-refractivity contribution in [3.05, 3.63) is 12.0 Å². The number of rotatable bonds is 7. The molecule has 0 bridgehead atoms. The van der Waals surface area contributed by atoms with Crippen molar-refractivity contribution in [1.82, 2.24) is 24.6 Å². The predicted octanol–water partition coefficient (Wildman–Crippen LogP) is 2.97. The highest BCUT2D eigenvalue weighted by atomic mass is 15.3. The van der Waals surface area contributed by atoms with Gasteiger partial charge in [-0.3, -0.25) is 0 Å². The molecule has 0 saturated carbocycles. The summed E-state index contributed by atoms with van der Waals surface area (Å²) in [5.41, 5.74) is 2.16. The van der Waals surface area contributed by atoms with E-state index in [2.05, 4.69) is 59.3 Å². The van der Waals surface area contributed by atoms with Gasteiger partial charge >= 0.3 is 0 Å². The average Bonchev–Trinajstić information content (AvgIpc) is 3.18. The van der Waals surface area contributed by atoms with E-state index in [0.29, 0.717) is 12.0 Å². The number of hydrogen-bond acceptors (Lipinski definition) is 5. The van der Waals surface area contributed by atoms with Crippen LogP contribution in [0.15, 0.2) is 6.33 Å². The summed E-state index contributed by atoms with van der Waals surface area (Å²) in [6, 6.07) is 0.591. The number of aryl methyl sites for hydroxylation is 1. The van der Waals surface area contributed by atoms with Crippen LogP contribution in [0.2, 0.25) is 0 Å². The summed E-state index contributed by atoms with van der Waals surface area (Å²) in [5, 5.41) is 6.10. The Morgan fingerprint density at radius 2 is 2.08 bits per heavy atom. The second-order valence-corrected chi connectivity index (χ2v) is 7.87. The first-order chi connectivity index (χ1) is 12.0. The van der Waals surface area contributed by atoms with Crippen molar-refractivity contribution in [1.29, 1.82) is 0 Å². The second-order valence-electron chi connectivity index (χ2n) is 7.87. The van der Waals surface area contributed by atoms with Crippen molar-refractivity contribution < 1.29 is 0 Å². The highest BCUT2D eigenvalue weighted by Crippen LogP contribution is 2.31. The zero-order chi connectivity index (χ0) is 18.0. The van der Waals surface area contributed by atoms with Crippen molar-refractivity contribution in [2.75, 3.05) is 32.1 Å². The van der Waals surface area contributed by atoms with Crippen LogP contribution in [0.3, 0.4) is 0 Å². The lowest BCUT2D eigenvalue weighted by atomic mass is 10.1. The molecule has 6 nitrogen and oxygen atoms in total. The van der Waals surface area contributed by atoms with Gasteiger partial charge < -0.3 is 9.80 Å². The lowest BCUT2D eigenvalue weighted by molar-refractivity contribution is 0.315. The highest BCUT2D eigenvalue weighted by molar-refractivity contribution is 5.90. The number of hydrogen-bond donors (Lipinski definition) is 0. The Morgan fingerprint density at radius 1 is 1.28 bits per heavy atom. The molecule has 1 atom stereocenters. The lowest BCUT2D eigenvalue weighted by Gasteiger charge is -2.21. The topological polar surface area (TPSA) is 50.1 Å². The van der Waals surface area contributed by atoms with Gasteiger partial charge in [-0.1, -0.05) is 27.2 Å². The van der Waals surface area contributed by atoms with E-state index in [1.165, 1.54) is 11.8 Å². The Balaban J connectivity index is 2.02. The molecule has 2 aromatic rings. The van der Waals surface area contributed by atoms with Gasteiger partial charge in [-0.2, -0.15) is 5.10 Å². The van der Waals surface area contributed by atoms with E-state index in [4.69, 9.17) is 5.10 Å². The normalized spacial score (nSPS) is 18.2. The molecule has 1 unspecified atom stereocenters. The van der Waals surface area contributed by atoms with Gasteiger partial charge in [0, 0.05) is 25.7 Å². The van der Waals surface area contributed by atoms with E-state index in [0.717, 1.165) is 56.1 Å². The predicted molar refractivity (Wildman–Crippen MR) is 103 cm³/mol. The van der Waals surface area contributed by atoms with Gasteiger partial charge in [-0.05, 0) is 39.3 Å². The SMILES string of the molecule is CCCCn1nc(CC(C)C)c2c(N3CCC(N(C)C)C3)ncnc21. The molecule has 1 fully saturated rings. The Labute approximate surface area is 151 Å². The van der Waals surface area contributed by atoms with Crippen LogP contribution in [0.25, 0.3) is 11.0 Å². The van der Waals surface area contributed by atoms with E-state index in [1.54, 1.807) is 6.33 Å². The fourth-order valence-electron chi connectivity index (χ4n) is 3.65. The number of nitrogens with zero attached hydrogens (tertiary/aromatic N) is 6. The Bertz CT molecular complexity index is 705. The molecule has 0 N–H and O–H groups in total. The van der Waals surface area contributed by atoms with Crippen LogP contribution in [0, 0.1) is 5.92 Å². The van der Waals surface area contributed by atoms with Gasteiger partial charge in [0.25, 0.3) is 0 Å². The Hall–Kier alpha value is -1.69. The van der Waals surface area contributed by atoms with E-state index in [9.17, 15) is 0 Å². The molecule has 0 aromatic carbocycles. The molecule has 1 aliphatic heterocycles. The zero-order valence-electron chi connectivity index (χ0n) is 16.4. The number of likely N-dealkylation sites (N-methyl/N-ethyl adjacent to an activating group) is 1. The third-order valence-electron chi connectivity index (χ3n) is 5.10. The number of anilines is 1. The molecule has 0 spiro atoms. The van der Waals surface area contributed by atoms with Gasteiger partial charge in [-0.25, -0.2) is 14.6 Å². The van der Waals surface area contributed by atoms with Crippen molar-refractivity contribution in [2.24, 2.45) is 5.92 Å². The monoisotopic (exact) mass is 344 g/mol. The molecule has 3 heterocycles. The molecule has 0 amide bonds. The van der Waals surface area contributed by atoms with Gasteiger partial charge in [-0.15, -0.1) is 0 Å². The summed E-state index contributed by atoms with van der Waals surface area (Å²) < 4.78 is 2.10. The van der Waals surface area contributed by atoms with E-state index < -0.39 is 0 Å². The molecule has 138 valence electrons. The molecule has 0 aliphatic carbocycles. The summed E-state index contributed by atoms with van der Waals surface area (Å²) >= 11 is 0. The maximum atomic E-state index is 4.93. The third kappa shape index (κ3) is 3.78. The van der Waals surface area contributed by atoms with Crippen LogP contribution in [0.5, 0.6) is 0 Å². The molecular formula is C19H32N6. The van der Waals surface area contributed by atoms with Crippen LogP contribution >= 0.6 is 0 Å². The lowest BCUT2D eigenvalue weighted by Crippen LogP contribution is -2.31. The first-order valence-corrected chi connectivity index (χ1v) is 9.63. The minimum atomic E-state index is 0.568. The van der Waals surface area contributed by atoms with Crippen molar-refractivity contribution in [3.8, 4) is 0 Å². The zero-order valence-corrected chi connectivity index (χ0v) is 16.4. The Morgan fingerprint density at radius 3 is 2.72 bits per heavy atom. The largest absolute Gasteiger partial charge is 0.354 e. The Kier molecular flexibility index (Phi) is 5.57. The smallest absolute Gasteiger partial charge is 0.163 e. The molecule has 2 aromatic heterocycles. The quantitative estimate of drug-likeness (QED) is 0.773. The highest BCUT2D eigenvalue weighted by Gasteiger charge is 2.28. The molecule has 0 radical (unpaired) electrons. The summed E-state index contributed by atoms with van der Waals surface area (Å²) in [6.45, 7) is 9.72. The fourth-order valence-corrected chi connectivity index (χ4v) is 3.65. The maximum Gasteiger partial charge on any atom is 0.163 e. The summed E-state index contributed by atoms with van der Waals surface area (Å²) in [7, 11) is 4.33. The van der Waals surface area contributed by atoms with Crippen molar-refractivity contribution >= 4 is 16.9 Å². The van der Waals surface area contributed by atoms with Gasteiger partial charge in [0.15, 0.2) is 5.65 Å². The van der Waals surface area contributed by atoms with Gasteiger partial charge in [0.1, 0.15) is 12.1 Å². The second kappa shape index (κ2) is 7.68. The van der Waals surface area contributed by atoms with E-state index in [1.807, 2.05) is 0 Å². The molecule has 25 heavy (non-hydrogen) atoms. The van der Waals surface area contributed by atoms with Crippen LogP contribution < -0.4 is 4.90 Å². The average molecular weight is 345 g/mol. The minimum Gasteiger partial charge on any atom is -0.354 e. The number of aromatic nitrogens is 4. The molecular weight excluding hydrogens is 312 g/mol. The van der Waals surface area contributed by atoms with E-state index in [-0.39, 0.29) is 0 Å². The van der Waals surface area contributed by atoms with Crippen molar-refractivity contribution in [3.63, 3.8) is 0 Å². The van der Waals surface area contributed by atoms with Crippen LogP contribution in [0.4, 0.5) is 5.82 Å². The first-order valence-electron chi connectivity index (χ1n) is 9.63. The molecule has 3 rings (SSSR count). The van der Waals surface area contributed by atoms with Crippen LogP contribution in [0.1, 0.15) is 45.7 Å². The minimum absolute atomic E-state index is 0.568. The number of unbranched alkanes of at least 4 members (excludes halogenated alkanes) is 1. The first kappa shape index (κ1) is 18.1. The fraction of sp³-hybridized carbons (Fsp3) is 0.737. The third-order valence-corrected chi connectivity index (χ3v) is 5.10. The number of fused-ring (bicyclic) bond motifs is 1. The van der Waals surface area contributed by atoms with Gasteiger partial charge in [0.05, 0.1) is 11.1 Å². The molecule has 6 heteroatoms.